The quantitative estimate of drug-likeness (QED) is 0.229. The molecule has 1 heterocycles. The van der Waals surface area contributed by atoms with E-state index in [0.29, 0.717) is 23.4 Å². The van der Waals surface area contributed by atoms with E-state index in [-0.39, 0.29) is 52.4 Å². The van der Waals surface area contributed by atoms with Gasteiger partial charge in [0.1, 0.15) is 24.0 Å². The van der Waals surface area contributed by atoms with Crippen LogP contribution in [0.3, 0.4) is 0 Å². The number of nitriles is 1. The highest BCUT2D eigenvalue weighted by Gasteiger charge is 2.45. The summed E-state index contributed by atoms with van der Waals surface area (Å²) in [5, 5.41) is 22.3. The van der Waals surface area contributed by atoms with Gasteiger partial charge in [-0.2, -0.15) is 5.26 Å². The molecule has 0 saturated heterocycles. The van der Waals surface area contributed by atoms with Crippen molar-refractivity contribution in [3.63, 3.8) is 0 Å². The Hall–Kier alpha value is -4.68. The third-order valence-corrected chi connectivity index (χ3v) is 8.30. The Balaban J connectivity index is 1.70. The zero-order valence-electron chi connectivity index (χ0n) is 24.2. The summed E-state index contributed by atoms with van der Waals surface area (Å²) in [7, 11) is 0. The fourth-order valence-corrected chi connectivity index (χ4v) is 6.19. The van der Waals surface area contributed by atoms with Crippen molar-refractivity contribution in [3.8, 4) is 11.8 Å². The largest absolute Gasteiger partial charge is 0.489 e. The molecule has 0 fully saturated rings. The molecule has 0 radical (unpaired) electrons. The van der Waals surface area contributed by atoms with Crippen molar-refractivity contribution < 1.29 is 18.8 Å². The zero-order chi connectivity index (χ0) is 31.2. The second kappa shape index (κ2) is 11.2. The maximum absolute atomic E-state index is 14.0. The van der Waals surface area contributed by atoms with Gasteiger partial charge < -0.3 is 10.5 Å². The number of ketones is 1. The van der Waals surface area contributed by atoms with Crippen LogP contribution in [-0.4, -0.2) is 10.7 Å². The number of allylic oxidation sites excluding steroid dienone is 3. The van der Waals surface area contributed by atoms with E-state index in [9.17, 15) is 24.6 Å². The molecule has 2 aliphatic rings. The average Bonchev–Trinajstić information content (AvgIpc) is 2.93. The van der Waals surface area contributed by atoms with Gasteiger partial charge in [0.05, 0.1) is 33.2 Å². The molecule has 1 atom stereocenters. The number of nitrogens with two attached hydrogens (primary N) is 1. The summed E-state index contributed by atoms with van der Waals surface area (Å²) < 4.78 is 19.3. The van der Waals surface area contributed by atoms with Crippen molar-refractivity contribution in [3.05, 3.63) is 120 Å². The van der Waals surface area contributed by atoms with E-state index in [2.05, 4.69) is 6.07 Å². The van der Waals surface area contributed by atoms with Crippen LogP contribution in [0, 0.1) is 46.5 Å². The van der Waals surface area contributed by atoms with Gasteiger partial charge in [-0.15, -0.1) is 0 Å². The molecule has 0 saturated carbocycles. The number of hydrogen-bond donors (Lipinski definition) is 1. The normalized spacial score (nSPS) is 17.9. The van der Waals surface area contributed by atoms with E-state index in [4.69, 9.17) is 22.1 Å². The van der Waals surface area contributed by atoms with Crippen LogP contribution in [0.25, 0.3) is 0 Å². The molecule has 3 aromatic rings. The molecule has 0 spiro atoms. The topological polar surface area (TPSA) is 122 Å². The van der Waals surface area contributed by atoms with Crippen molar-refractivity contribution in [1.82, 2.24) is 0 Å². The summed E-state index contributed by atoms with van der Waals surface area (Å²) in [6.45, 7) is 7.95. The maximum Gasteiger partial charge on any atom is 0.271 e. The second-order valence-electron chi connectivity index (χ2n) is 11.8. The molecule has 220 valence electrons. The van der Waals surface area contributed by atoms with E-state index in [0.717, 1.165) is 22.3 Å². The number of benzene rings is 3. The minimum absolute atomic E-state index is 0.0594. The average molecular weight is 601 g/mol. The lowest BCUT2D eigenvalue weighted by molar-refractivity contribution is -0.384. The lowest BCUT2D eigenvalue weighted by atomic mass is 9.68. The SMILES string of the molecule is Cc1cc(COc2ccc(F)cc2)c(C)c(C2C(C#N)=C(N)N(c3cc([N+](=O)[O-])ccc3Cl)C3=C2C(=O)CC(C)(C)C3)c1. The minimum atomic E-state index is -0.762. The molecule has 10 heteroatoms. The Bertz CT molecular complexity index is 1770. The lowest BCUT2D eigenvalue weighted by Gasteiger charge is -2.44. The minimum Gasteiger partial charge on any atom is -0.489 e. The number of anilines is 1. The molecule has 43 heavy (non-hydrogen) atoms. The highest BCUT2D eigenvalue weighted by atomic mass is 35.5. The summed E-state index contributed by atoms with van der Waals surface area (Å²) in [6, 6.07) is 15.9. The lowest BCUT2D eigenvalue weighted by Crippen LogP contribution is -2.42. The van der Waals surface area contributed by atoms with Crippen molar-refractivity contribution in [2.45, 2.75) is 53.1 Å². The number of carbonyl (C=O) groups is 1. The summed E-state index contributed by atoms with van der Waals surface area (Å²) in [4.78, 5) is 26.6. The highest BCUT2D eigenvalue weighted by molar-refractivity contribution is 6.33. The fraction of sp³-hybridized carbons (Fsp3) is 0.273. The van der Waals surface area contributed by atoms with Gasteiger partial charge in [0.15, 0.2) is 5.78 Å². The summed E-state index contributed by atoms with van der Waals surface area (Å²) in [5.74, 6) is -0.696. The molecule has 2 N–H and O–H groups in total. The van der Waals surface area contributed by atoms with E-state index in [1.54, 1.807) is 17.0 Å². The van der Waals surface area contributed by atoms with Crippen LogP contribution in [0.1, 0.15) is 54.9 Å². The number of rotatable bonds is 6. The van der Waals surface area contributed by atoms with Crippen LogP contribution >= 0.6 is 11.6 Å². The van der Waals surface area contributed by atoms with Crippen molar-refractivity contribution >= 4 is 28.8 Å². The predicted octanol–water partition coefficient (Wildman–Crippen LogP) is 7.52. The van der Waals surface area contributed by atoms with Gasteiger partial charge in [-0.25, -0.2) is 4.39 Å². The number of nitro benzene ring substituents is 1. The molecule has 0 amide bonds. The van der Waals surface area contributed by atoms with E-state index in [1.807, 2.05) is 39.8 Å². The van der Waals surface area contributed by atoms with Gasteiger partial charge in [-0.3, -0.25) is 19.8 Å². The third kappa shape index (κ3) is 5.58. The maximum atomic E-state index is 14.0. The van der Waals surface area contributed by atoms with Gasteiger partial charge in [0, 0.05) is 29.8 Å². The van der Waals surface area contributed by atoms with E-state index < -0.39 is 16.3 Å². The molecule has 1 aliphatic heterocycles. The van der Waals surface area contributed by atoms with Crippen LogP contribution in [0.5, 0.6) is 5.75 Å². The Labute approximate surface area is 254 Å². The first-order chi connectivity index (χ1) is 20.3. The van der Waals surface area contributed by atoms with E-state index in [1.165, 1.54) is 30.3 Å². The fourth-order valence-electron chi connectivity index (χ4n) is 5.99. The molecular weight excluding hydrogens is 571 g/mol. The number of non-ortho nitro benzene ring substituents is 1. The van der Waals surface area contributed by atoms with Gasteiger partial charge >= 0.3 is 0 Å². The molecule has 0 aromatic heterocycles. The monoisotopic (exact) mass is 600 g/mol. The van der Waals surface area contributed by atoms with Crippen LogP contribution in [0.2, 0.25) is 5.02 Å². The first kappa shape index (κ1) is 29.8. The van der Waals surface area contributed by atoms with Gasteiger partial charge in [0.25, 0.3) is 5.69 Å². The molecule has 3 aromatic carbocycles. The number of halogens is 2. The zero-order valence-corrected chi connectivity index (χ0v) is 25.0. The molecular formula is C33H30ClFN4O4. The summed E-state index contributed by atoms with van der Waals surface area (Å²) in [6.07, 6.45) is 0.678. The van der Waals surface area contributed by atoms with Crippen LogP contribution in [0.15, 0.2) is 77.3 Å². The van der Waals surface area contributed by atoms with Gasteiger partial charge in [-0.1, -0.05) is 43.1 Å². The highest BCUT2D eigenvalue weighted by Crippen LogP contribution is 2.52. The Morgan fingerprint density at radius 1 is 1.16 bits per heavy atom. The predicted molar refractivity (Wildman–Crippen MR) is 162 cm³/mol. The second-order valence-corrected chi connectivity index (χ2v) is 12.2. The first-order valence-corrected chi connectivity index (χ1v) is 14.1. The Morgan fingerprint density at radius 3 is 2.51 bits per heavy atom. The molecule has 5 rings (SSSR count). The number of hydrogen-bond acceptors (Lipinski definition) is 7. The van der Waals surface area contributed by atoms with Crippen molar-refractivity contribution in [2.75, 3.05) is 4.90 Å². The molecule has 1 aliphatic carbocycles. The third-order valence-electron chi connectivity index (χ3n) is 7.98. The number of nitrogens with zero attached hydrogens (tertiary/aromatic N) is 3. The van der Waals surface area contributed by atoms with Crippen molar-refractivity contribution in [1.29, 1.82) is 5.26 Å². The Kier molecular flexibility index (Phi) is 7.76. The van der Waals surface area contributed by atoms with Gasteiger partial charge in [0.2, 0.25) is 0 Å². The number of ether oxygens (including phenoxy) is 1. The summed E-state index contributed by atoms with van der Waals surface area (Å²) >= 11 is 6.58. The standard InChI is InChI=1S/C33H30ClFN4O4/c1-18-11-20(17-43-23-8-5-21(35)6-9-23)19(2)24(12-18)30-25(16-36)32(37)38(27-13-22(39(41)42)7-10-26(27)34)28-14-33(3,4)15-29(40)31(28)30/h5-13,30H,14-15,17,37H2,1-4H3. The number of nitro groups is 1. The number of carbonyl (C=O) groups excluding carboxylic acids is 1. The number of aryl methyl sites for hydroxylation is 1. The van der Waals surface area contributed by atoms with Gasteiger partial charge in [-0.05, 0) is 72.7 Å². The van der Waals surface area contributed by atoms with Crippen LogP contribution in [0.4, 0.5) is 15.8 Å². The van der Waals surface area contributed by atoms with Crippen LogP contribution in [-0.2, 0) is 11.4 Å². The molecule has 8 nitrogen and oxygen atoms in total. The smallest absolute Gasteiger partial charge is 0.271 e. The van der Waals surface area contributed by atoms with Crippen molar-refractivity contribution in [2.24, 2.45) is 11.1 Å². The van der Waals surface area contributed by atoms with E-state index >= 15 is 0 Å². The van der Waals surface area contributed by atoms with Crippen LogP contribution < -0.4 is 15.4 Å². The molecule has 1 unspecified atom stereocenters. The first-order valence-electron chi connectivity index (χ1n) is 13.7. The number of Topliss-reactive ketones (excluding diaryl/α,β-unsaturated/α-hetero) is 1. The Morgan fingerprint density at radius 2 is 1.86 bits per heavy atom. The molecule has 0 bridgehead atoms. The summed E-state index contributed by atoms with van der Waals surface area (Å²) in [5.41, 5.74) is 10.8.